The van der Waals surface area contributed by atoms with Gasteiger partial charge in [-0.2, -0.15) is 0 Å². The summed E-state index contributed by atoms with van der Waals surface area (Å²) in [5.74, 6) is 0.649. The van der Waals surface area contributed by atoms with E-state index in [0.29, 0.717) is 33.9 Å². The highest BCUT2D eigenvalue weighted by Crippen LogP contribution is 2.39. The predicted octanol–water partition coefficient (Wildman–Crippen LogP) is 1.22. The van der Waals surface area contributed by atoms with E-state index in [9.17, 15) is 4.79 Å². The molecule has 0 bridgehead atoms. The number of aryl methyl sites for hydroxylation is 2. The Morgan fingerprint density at radius 3 is 2.73 bits per heavy atom. The van der Waals surface area contributed by atoms with Gasteiger partial charge < -0.3 is 10.2 Å². The molecule has 0 amide bonds. The fourth-order valence-corrected chi connectivity index (χ4v) is 4.69. The van der Waals surface area contributed by atoms with E-state index in [0.717, 1.165) is 37.4 Å². The molecule has 9 nitrogen and oxygen atoms in total. The molecular weight excluding hydrogens is 380 g/mol. The van der Waals surface area contributed by atoms with Gasteiger partial charge in [0.25, 0.3) is 5.56 Å². The third-order valence-corrected chi connectivity index (χ3v) is 6.26. The minimum Gasteiger partial charge on any atom is -0.369 e. The molecule has 9 heteroatoms. The molecule has 0 unspecified atom stereocenters. The zero-order chi connectivity index (χ0) is 20.5. The van der Waals surface area contributed by atoms with Crippen LogP contribution in [-0.4, -0.2) is 55.4 Å². The summed E-state index contributed by atoms with van der Waals surface area (Å²) in [6.07, 6.45) is 3.14. The minimum atomic E-state index is -0.116. The highest BCUT2D eigenvalue weighted by atomic mass is 16.1. The Bertz CT molecular complexity index is 1360. The number of nitrogens with zero attached hydrogens (tertiary/aromatic N) is 7. The molecule has 2 saturated heterocycles. The van der Waals surface area contributed by atoms with E-state index in [1.807, 2.05) is 32.2 Å². The maximum absolute atomic E-state index is 13.0. The average Bonchev–Trinajstić information content (AvgIpc) is 3.32. The van der Waals surface area contributed by atoms with Crippen LogP contribution in [0.25, 0.3) is 22.7 Å². The summed E-state index contributed by atoms with van der Waals surface area (Å²) < 4.78 is 3.12. The van der Waals surface area contributed by atoms with Crippen LogP contribution in [0.5, 0.6) is 0 Å². The predicted molar refractivity (Wildman–Crippen MR) is 113 cm³/mol. The number of anilines is 1. The highest BCUT2D eigenvalue weighted by Gasteiger charge is 2.45. The fourth-order valence-electron chi connectivity index (χ4n) is 4.69. The maximum atomic E-state index is 13.0. The lowest BCUT2D eigenvalue weighted by atomic mass is 9.79. The summed E-state index contributed by atoms with van der Waals surface area (Å²) in [6.45, 7) is 8.07. The van der Waals surface area contributed by atoms with Crippen LogP contribution in [0.15, 0.2) is 35.3 Å². The van der Waals surface area contributed by atoms with E-state index in [2.05, 4.69) is 31.5 Å². The van der Waals surface area contributed by atoms with Crippen LogP contribution in [0.4, 0.5) is 5.69 Å². The molecule has 2 fully saturated rings. The number of pyridine rings is 1. The Morgan fingerprint density at radius 1 is 1.07 bits per heavy atom. The number of nitrogens with one attached hydrogen (secondary N) is 1. The molecule has 4 aromatic rings. The van der Waals surface area contributed by atoms with Crippen molar-refractivity contribution in [1.82, 2.24) is 34.5 Å². The molecule has 2 aliphatic heterocycles. The lowest BCUT2D eigenvalue weighted by molar-refractivity contribution is 0.243. The summed E-state index contributed by atoms with van der Waals surface area (Å²) in [5.41, 5.74) is 4.77. The molecule has 0 atom stereocenters. The first kappa shape index (κ1) is 17.5. The van der Waals surface area contributed by atoms with Gasteiger partial charge in [-0.05, 0) is 50.6 Å². The van der Waals surface area contributed by atoms with Gasteiger partial charge >= 0.3 is 0 Å². The number of aromatic nitrogens is 6. The highest BCUT2D eigenvalue weighted by molar-refractivity contribution is 5.63. The summed E-state index contributed by atoms with van der Waals surface area (Å²) >= 11 is 0. The van der Waals surface area contributed by atoms with Gasteiger partial charge in [-0.25, -0.2) is 9.97 Å². The van der Waals surface area contributed by atoms with Crippen LogP contribution in [-0.2, 0) is 0 Å². The van der Waals surface area contributed by atoms with Crippen molar-refractivity contribution in [3.8, 4) is 11.4 Å². The molecule has 0 aromatic carbocycles. The first-order chi connectivity index (χ1) is 14.5. The standard InChI is InChI=1S/C21H22N8O/c1-13-7-15(27-11-21(12-27)5-6-22-10-21)9-28-19(30)8-17(24-20(13)28)16-3-4-18-23-14(2)25-29(18)26-16/h3-4,7-9,22H,5-6,10-12H2,1-2H3. The van der Waals surface area contributed by atoms with Crippen molar-refractivity contribution in [3.05, 3.63) is 52.2 Å². The van der Waals surface area contributed by atoms with Gasteiger partial charge in [-0.1, -0.05) is 0 Å². The number of fused-ring (bicyclic) bond motifs is 2. The molecule has 1 N–H and O–H groups in total. The lowest BCUT2D eigenvalue weighted by Gasteiger charge is -2.49. The second-order valence-electron chi connectivity index (χ2n) is 8.56. The smallest absolute Gasteiger partial charge is 0.258 e. The topological polar surface area (TPSA) is 92.7 Å². The first-order valence-electron chi connectivity index (χ1n) is 10.2. The minimum absolute atomic E-state index is 0.116. The van der Waals surface area contributed by atoms with Gasteiger partial charge in [0.1, 0.15) is 17.2 Å². The van der Waals surface area contributed by atoms with Crippen LogP contribution in [0.3, 0.4) is 0 Å². The molecule has 152 valence electrons. The number of hydrogen-bond acceptors (Lipinski definition) is 7. The van der Waals surface area contributed by atoms with Gasteiger partial charge in [0.05, 0.1) is 11.4 Å². The third kappa shape index (κ3) is 2.62. The van der Waals surface area contributed by atoms with Crippen LogP contribution < -0.4 is 15.8 Å². The van der Waals surface area contributed by atoms with Gasteiger partial charge in [-0.3, -0.25) is 9.20 Å². The fraction of sp³-hybridized carbons (Fsp3) is 0.381. The van der Waals surface area contributed by atoms with E-state index in [1.54, 1.807) is 4.40 Å². The zero-order valence-corrected chi connectivity index (χ0v) is 17.0. The zero-order valence-electron chi connectivity index (χ0n) is 17.0. The quantitative estimate of drug-likeness (QED) is 0.539. The van der Waals surface area contributed by atoms with Gasteiger partial charge in [0, 0.05) is 37.3 Å². The second-order valence-corrected chi connectivity index (χ2v) is 8.56. The first-order valence-corrected chi connectivity index (χ1v) is 10.2. The average molecular weight is 402 g/mol. The van der Waals surface area contributed by atoms with Crippen molar-refractivity contribution in [2.24, 2.45) is 5.41 Å². The van der Waals surface area contributed by atoms with Crippen molar-refractivity contribution in [2.45, 2.75) is 20.3 Å². The van der Waals surface area contributed by atoms with E-state index >= 15 is 0 Å². The SMILES string of the molecule is Cc1nc2ccc(-c3cc(=O)n4cc(N5CC6(CCNC6)C5)cc(C)c4n3)nn2n1. The molecule has 4 aromatic heterocycles. The molecule has 2 aliphatic rings. The van der Waals surface area contributed by atoms with E-state index < -0.39 is 0 Å². The largest absolute Gasteiger partial charge is 0.369 e. The van der Waals surface area contributed by atoms with Crippen LogP contribution in [0, 0.1) is 19.3 Å². The summed E-state index contributed by atoms with van der Waals surface area (Å²) in [6, 6.07) is 7.31. The Morgan fingerprint density at radius 2 is 1.93 bits per heavy atom. The molecule has 1 spiro atoms. The molecule has 0 aliphatic carbocycles. The lowest BCUT2D eigenvalue weighted by Crippen LogP contribution is -2.57. The van der Waals surface area contributed by atoms with Crippen molar-refractivity contribution in [1.29, 1.82) is 0 Å². The normalized spacial score (nSPS) is 17.9. The van der Waals surface area contributed by atoms with Crippen LogP contribution >= 0.6 is 0 Å². The molecule has 0 saturated carbocycles. The van der Waals surface area contributed by atoms with E-state index in [1.165, 1.54) is 17.1 Å². The third-order valence-electron chi connectivity index (χ3n) is 6.26. The maximum Gasteiger partial charge on any atom is 0.258 e. The van der Waals surface area contributed by atoms with E-state index in [-0.39, 0.29) is 5.56 Å². The summed E-state index contributed by atoms with van der Waals surface area (Å²) in [4.78, 5) is 24.3. The van der Waals surface area contributed by atoms with Crippen molar-refractivity contribution in [3.63, 3.8) is 0 Å². The van der Waals surface area contributed by atoms with E-state index in [4.69, 9.17) is 4.98 Å². The molecule has 30 heavy (non-hydrogen) atoms. The Hall–Kier alpha value is -3.33. The van der Waals surface area contributed by atoms with Crippen molar-refractivity contribution < 1.29 is 0 Å². The Balaban J connectivity index is 1.40. The Kier molecular flexibility index (Phi) is 3.55. The van der Waals surface area contributed by atoms with Gasteiger partial charge in [0.2, 0.25) is 0 Å². The summed E-state index contributed by atoms with van der Waals surface area (Å²) in [7, 11) is 0. The second kappa shape index (κ2) is 6.09. The monoisotopic (exact) mass is 402 g/mol. The van der Waals surface area contributed by atoms with Crippen molar-refractivity contribution in [2.75, 3.05) is 31.1 Å². The molecule has 6 heterocycles. The van der Waals surface area contributed by atoms with Crippen LogP contribution in [0.2, 0.25) is 0 Å². The Labute approximate surface area is 172 Å². The molecule has 6 rings (SSSR count). The van der Waals surface area contributed by atoms with Gasteiger partial charge in [0.15, 0.2) is 5.65 Å². The number of hydrogen-bond donors (Lipinski definition) is 1. The molecule has 0 radical (unpaired) electrons. The van der Waals surface area contributed by atoms with Crippen LogP contribution in [0.1, 0.15) is 17.8 Å². The number of rotatable bonds is 2. The van der Waals surface area contributed by atoms with Crippen molar-refractivity contribution >= 4 is 17.0 Å². The molecular formula is C21H22N8O. The van der Waals surface area contributed by atoms with Gasteiger partial charge in [-0.15, -0.1) is 14.8 Å². The summed E-state index contributed by atoms with van der Waals surface area (Å²) in [5, 5.41) is 12.2.